The molecule has 1 aliphatic rings. The number of nitrogens with zero attached hydrogens (tertiary/aromatic N) is 1. The molecule has 1 aromatic carbocycles. The number of halogens is 1. The van der Waals surface area contributed by atoms with Gasteiger partial charge in [-0.3, -0.25) is 4.79 Å². The van der Waals surface area contributed by atoms with E-state index in [1.807, 2.05) is 17.0 Å². The van der Waals surface area contributed by atoms with Gasteiger partial charge in [0, 0.05) is 24.7 Å². The first-order valence-corrected chi connectivity index (χ1v) is 7.75. The third-order valence-corrected chi connectivity index (χ3v) is 4.31. The maximum atomic E-state index is 12.4. The molecule has 3 nitrogen and oxygen atoms in total. The molecule has 1 amide bonds. The summed E-state index contributed by atoms with van der Waals surface area (Å²) in [6.45, 7) is 5.90. The van der Waals surface area contributed by atoms with Gasteiger partial charge in [0.25, 0.3) is 5.91 Å². The van der Waals surface area contributed by atoms with Crippen molar-refractivity contribution in [1.29, 1.82) is 0 Å². The lowest BCUT2D eigenvalue weighted by Crippen LogP contribution is -2.42. The van der Waals surface area contributed by atoms with Crippen molar-refractivity contribution in [2.24, 2.45) is 11.7 Å². The number of carbonyl (C=O) groups is 1. The van der Waals surface area contributed by atoms with Crippen molar-refractivity contribution < 1.29 is 4.79 Å². The molecule has 1 aromatic rings. The zero-order valence-corrected chi connectivity index (χ0v) is 13.9. The van der Waals surface area contributed by atoms with E-state index in [1.165, 1.54) is 5.56 Å². The molecule has 1 heterocycles. The van der Waals surface area contributed by atoms with Crippen LogP contribution in [0.25, 0.3) is 0 Å². The van der Waals surface area contributed by atoms with Crippen molar-refractivity contribution in [1.82, 2.24) is 4.90 Å². The van der Waals surface area contributed by atoms with Gasteiger partial charge in [0.05, 0.1) is 0 Å². The number of hydrogen-bond acceptors (Lipinski definition) is 2. The van der Waals surface area contributed by atoms with Gasteiger partial charge in [0.15, 0.2) is 0 Å². The maximum Gasteiger partial charge on any atom is 0.253 e. The van der Waals surface area contributed by atoms with Crippen LogP contribution in [-0.4, -0.2) is 29.9 Å². The van der Waals surface area contributed by atoms with E-state index >= 15 is 0 Å². The summed E-state index contributed by atoms with van der Waals surface area (Å²) in [5, 5.41) is 0. The van der Waals surface area contributed by atoms with Crippen LogP contribution in [0.3, 0.4) is 0 Å². The van der Waals surface area contributed by atoms with E-state index < -0.39 is 0 Å². The Morgan fingerprint density at radius 1 is 1.29 bits per heavy atom. The second-order valence-corrected chi connectivity index (χ2v) is 5.94. The summed E-state index contributed by atoms with van der Waals surface area (Å²) in [6.07, 6.45) is 4.26. The average Bonchev–Trinajstić information content (AvgIpc) is 2.48. The number of piperidine rings is 1. The van der Waals surface area contributed by atoms with Crippen molar-refractivity contribution in [3.8, 4) is 0 Å². The second-order valence-electron chi connectivity index (χ2n) is 5.94. The number of likely N-dealkylation sites (tertiary alicyclic amines) is 1. The Balaban J connectivity index is 0.00000220. The molecule has 0 spiro atoms. The van der Waals surface area contributed by atoms with Gasteiger partial charge in [-0.15, -0.1) is 12.4 Å². The van der Waals surface area contributed by atoms with E-state index in [-0.39, 0.29) is 24.4 Å². The summed E-state index contributed by atoms with van der Waals surface area (Å²) >= 11 is 0. The smallest absolute Gasteiger partial charge is 0.253 e. The van der Waals surface area contributed by atoms with Gasteiger partial charge in [0.1, 0.15) is 0 Å². The van der Waals surface area contributed by atoms with Crippen LogP contribution in [0.15, 0.2) is 24.3 Å². The number of aryl methyl sites for hydroxylation is 1. The lowest BCUT2D eigenvalue weighted by atomic mass is 9.90. The van der Waals surface area contributed by atoms with E-state index in [9.17, 15) is 4.79 Å². The first-order valence-electron chi connectivity index (χ1n) is 7.75. The van der Waals surface area contributed by atoms with E-state index in [2.05, 4.69) is 26.0 Å². The standard InChI is InChI=1S/C17H26N2O.ClH/c1-3-4-14-5-7-16(8-6-14)17(20)19-11-9-15(10-12-19)13(2)18;/h5-8,13,15H,3-4,9-12,18H2,1-2H3;1H. The van der Waals surface area contributed by atoms with E-state index in [0.717, 1.165) is 44.3 Å². The molecule has 118 valence electrons. The van der Waals surface area contributed by atoms with Gasteiger partial charge in [-0.1, -0.05) is 25.5 Å². The SMILES string of the molecule is CCCc1ccc(C(=O)N2CCC(C(C)N)CC2)cc1.Cl. The molecule has 0 bridgehead atoms. The number of benzene rings is 1. The lowest BCUT2D eigenvalue weighted by molar-refractivity contribution is 0.0681. The third kappa shape index (κ3) is 4.72. The molecule has 0 aromatic heterocycles. The van der Waals surface area contributed by atoms with Crippen LogP contribution < -0.4 is 5.73 Å². The molecule has 0 aliphatic carbocycles. The normalized spacial score (nSPS) is 17.2. The van der Waals surface area contributed by atoms with Gasteiger partial charge in [-0.25, -0.2) is 0 Å². The van der Waals surface area contributed by atoms with Gasteiger partial charge in [-0.2, -0.15) is 0 Å². The van der Waals surface area contributed by atoms with Crippen LogP contribution >= 0.6 is 12.4 Å². The Kier molecular flexibility index (Phi) is 7.20. The quantitative estimate of drug-likeness (QED) is 0.928. The van der Waals surface area contributed by atoms with Gasteiger partial charge >= 0.3 is 0 Å². The summed E-state index contributed by atoms with van der Waals surface area (Å²) < 4.78 is 0. The van der Waals surface area contributed by atoms with Crippen molar-refractivity contribution in [3.63, 3.8) is 0 Å². The van der Waals surface area contributed by atoms with Crippen molar-refractivity contribution in [3.05, 3.63) is 35.4 Å². The molecular weight excluding hydrogens is 284 g/mol. The molecular formula is C17H27ClN2O. The monoisotopic (exact) mass is 310 g/mol. The van der Waals surface area contributed by atoms with Crippen LogP contribution in [0.4, 0.5) is 0 Å². The van der Waals surface area contributed by atoms with Gasteiger partial charge in [0.2, 0.25) is 0 Å². The van der Waals surface area contributed by atoms with Crippen molar-refractivity contribution in [2.75, 3.05) is 13.1 Å². The van der Waals surface area contributed by atoms with Crippen LogP contribution in [-0.2, 0) is 6.42 Å². The van der Waals surface area contributed by atoms with Crippen LogP contribution in [0.1, 0.15) is 49.0 Å². The summed E-state index contributed by atoms with van der Waals surface area (Å²) in [4.78, 5) is 14.4. The molecule has 1 aliphatic heterocycles. The molecule has 1 fully saturated rings. The number of carbonyl (C=O) groups excluding carboxylic acids is 1. The molecule has 1 saturated heterocycles. The fraction of sp³-hybridized carbons (Fsp3) is 0.588. The molecule has 0 saturated carbocycles. The van der Waals surface area contributed by atoms with Gasteiger partial charge in [-0.05, 0) is 49.8 Å². The minimum Gasteiger partial charge on any atom is -0.339 e. The average molecular weight is 311 g/mol. The largest absolute Gasteiger partial charge is 0.339 e. The molecule has 21 heavy (non-hydrogen) atoms. The molecule has 2 rings (SSSR count). The topological polar surface area (TPSA) is 46.3 Å². The fourth-order valence-corrected chi connectivity index (χ4v) is 2.91. The zero-order chi connectivity index (χ0) is 14.5. The molecule has 2 N–H and O–H groups in total. The highest BCUT2D eigenvalue weighted by Crippen LogP contribution is 2.21. The highest BCUT2D eigenvalue weighted by atomic mass is 35.5. The Bertz CT molecular complexity index is 437. The third-order valence-electron chi connectivity index (χ3n) is 4.31. The molecule has 4 heteroatoms. The maximum absolute atomic E-state index is 12.4. The molecule has 1 unspecified atom stereocenters. The fourth-order valence-electron chi connectivity index (χ4n) is 2.91. The predicted octanol–water partition coefficient (Wildman–Crippen LogP) is 3.26. The number of rotatable bonds is 4. The van der Waals surface area contributed by atoms with Gasteiger partial charge < -0.3 is 10.6 Å². The van der Waals surface area contributed by atoms with Crippen LogP contribution in [0.2, 0.25) is 0 Å². The van der Waals surface area contributed by atoms with Crippen molar-refractivity contribution in [2.45, 2.75) is 45.6 Å². The Morgan fingerprint density at radius 2 is 1.86 bits per heavy atom. The van der Waals surface area contributed by atoms with Crippen molar-refractivity contribution >= 4 is 18.3 Å². The summed E-state index contributed by atoms with van der Waals surface area (Å²) in [7, 11) is 0. The minimum absolute atomic E-state index is 0. The molecule has 1 atom stereocenters. The van der Waals surface area contributed by atoms with E-state index in [1.54, 1.807) is 0 Å². The Labute approximate surface area is 134 Å². The number of nitrogens with two attached hydrogens (primary N) is 1. The van der Waals surface area contributed by atoms with Crippen LogP contribution in [0.5, 0.6) is 0 Å². The first-order chi connectivity index (χ1) is 9.61. The number of amides is 1. The Hall–Kier alpha value is -1.06. The second kappa shape index (κ2) is 8.40. The lowest BCUT2D eigenvalue weighted by Gasteiger charge is -2.33. The molecule has 0 radical (unpaired) electrons. The van der Waals surface area contributed by atoms with E-state index in [4.69, 9.17) is 5.73 Å². The first kappa shape index (κ1) is 18.0. The number of hydrogen-bond donors (Lipinski definition) is 1. The highest BCUT2D eigenvalue weighted by molar-refractivity contribution is 5.94. The van der Waals surface area contributed by atoms with E-state index in [0.29, 0.717) is 5.92 Å². The predicted molar refractivity (Wildman–Crippen MR) is 90.0 cm³/mol. The summed E-state index contributed by atoms with van der Waals surface area (Å²) in [6, 6.07) is 8.31. The van der Waals surface area contributed by atoms with Crippen LogP contribution in [0, 0.1) is 5.92 Å². The summed E-state index contributed by atoms with van der Waals surface area (Å²) in [5.41, 5.74) is 8.06. The summed E-state index contributed by atoms with van der Waals surface area (Å²) in [5.74, 6) is 0.724. The Morgan fingerprint density at radius 3 is 2.33 bits per heavy atom. The zero-order valence-electron chi connectivity index (χ0n) is 13.0. The highest BCUT2D eigenvalue weighted by Gasteiger charge is 2.25. The minimum atomic E-state index is 0.